The molecule has 25 heavy (non-hydrogen) atoms. The minimum atomic E-state index is 0. The molecule has 5 nitrogen and oxygen atoms in total. The van der Waals surface area contributed by atoms with Gasteiger partial charge in [0, 0.05) is 13.2 Å². The summed E-state index contributed by atoms with van der Waals surface area (Å²) >= 11 is 0. The van der Waals surface area contributed by atoms with Crippen LogP contribution in [0.5, 0.6) is 0 Å². The van der Waals surface area contributed by atoms with Crippen molar-refractivity contribution in [1.82, 2.24) is 10.6 Å². The number of hydrogen-bond donors (Lipinski definition) is 2. The Kier molecular flexibility index (Phi) is 11.0. The summed E-state index contributed by atoms with van der Waals surface area (Å²) in [6, 6.07) is 12.1. The molecule has 0 saturated carbocycles. The number of guanidine groups is 1. The van der Waals surface area contributed by atoms with Gasteiger partial charge in [0.1, 0.15) is 5.76 Å². The number of ether oxygens (including phenoxy) is 1. The number of furan rings is 1. The number of nitrogens with zero attached hydrogens (tertiary/aromatic N) is 1. The second-order valence-corrected chi connectivity index (χ2v) is 5.45. The van der Waals surface area contributed by atoms with E-state index in [4.69, 9.17) is 9.15 Å². The Bertz CT molecular complexity index is 615. The second kappa shape index (κ2) is 12.8. The normalized spacial score (nSPS) is 11.0. The number of rotatable bonds is 9. The lowest BCUT2D eigenvalue weighted by atomic mass is 10.1. The molecule has 0 atom stereocenters. The first-order chi connectivity index (χ1) is 11.8. The summed E-state index contributed by atoms with van der Waals surface area (Å²) in [7, 11) is 0. The van der Waals surface area contributed by atoms with E-state index >= 15 is 0 Å². The van der Waals surface area contributed by atoms with Gasteiger partial charge >= 0.3 is 0 Å². The zero-order valence-corrected chi connectivity index (χ0v) is 17.3. The maximum absolute atomic E-state index is 5.67. The maximum Gasteiger partial charge on any atom is 0.191 e. The minimum Gasteiger partial charge on any atom is -0.467 e. The molecule has 0 radical (unpaired) electrons. The average molecular weight is 457 g/mol. The van der Waals surface area contributed by atoms with Gasteiger partial charge in [-0.1, -0.05) is 31.2 Å². The van der Waals surface area contributed by atoms with Crippen LogP contribution < -0.4 is 10.6 Å². The van der Waals surface area contributed by atoms with Gasteiger partial charge in [0.2, 0.25) is 0 Å². The van der Waals surface area contributed by atoms with Gasteiger partial charge in [-0.05, 0) is 36.6 Å². The van der Waals surface area contributed by atoms with Crippen LogP contribution in [0, 0.1) is 0 Å². The highest BCUT2D eigenvalue weighted by molar-refractivity contribution is 14.0. The van der Waals surface area contributed by atoms with E-state index in [1.54, 1.807) is 6.26 Å². The number of aliphatic imine (C=N–C) groups is 1. The quantitative estimate of drug-likeness (QED) is 0.258. The van der Waals surface area contributed by atoms with Crippen LogP contribution in [0.25, 0.3) is 0 Å². The summed E-state index contributed by atoms with van der Waals surface area (Å²) in [6.07, 6.45) is 2.70. The van der Waals surface area contributed by atoms with Crippen LogP contribution in [0.15, 0.2) is 52.1 Å². The first kappa shape index (κ1) is 21.5. The summed E-state index contributed by atoms with van der Waals surface area (Å²) in [4.78, 5) is 4.67. The molecule has 1 heterocycles. The minimum absolute atomic E-state index is 0. The van der Waals surface area contributed by atoms with Gasteiger partial charge in [0.15, 0.2) is 5.96 Å². The van der Waals surface area contributed by atoms with Crippen molar-refractivity contribution < 1.29 is 9.15 Å². The van der Waals surface area contributed by atoms with Crippen molar-refractivity contribution in [1.29, 1.82) is 0 Å². The molecular weight excluding hydrogens is 429 g/mol. The Balaban J connectivity index is 0.00000312. The SMILES string of the molecule is CCCOCc1ccccc1CN=C(NCC)NCc1ccco1.I. The third kappa shape index (κ3) is 7.92. The highest BCUT2D eigenvalue weighted by Gasteiger charge is 2.03. The molecule has 2 N–H and O–H groups in total. The van der Waals surface area contributed by atoms with Gasteiger partial charge < -0.3 is 19.8 Å². The molecule has 2 rings (SSSR count). The van der Waals surface area contributed by atoms with Crippen molar-refractivity contribution in [2.45, 2.75) is 40.0 Å². The van der Waals surface area contributed by atoms with Crippen LogP contribution in [-0.4, -0.2) is 19.1 Å². The molecule has 1 aromatic heterocycles. The summed E-state index contributed by atoms with van der Waals surface area (Å²) in [5.41, 5.74) is 2.38. The van der Waals surface area contributed by atoms with Crippen molar-refractivity contribution in [2.24, 2.45) is 4.99 Å². The molecule has 0 aliphatic rings. The molecule has 0 spiro atoms. The topological polar surface area (TPSA) is 58.8 Å². The predicted octanol–water partition coefficient (Wildman–Crippen LogP) is 4.08. The van der Waals surface area contributed by atoms with Crippen molar-refractivity contribution in [3.63, 3.8) is 0 Å². The number of hydrogen-bond acceptors (Lipinski definition) is 3. The van der Waals surface area contributed by atoms with Gasteiger partial charge in [-0.3, -0.25) is 0 Å². The lowest BCUT2D eigenvalue weighted by Gasteiger charge is -2.12. The lowest BCUT2D eigenvalue weighted by Crippen LogP contribution is -2.36. The molecule has 0 unspecified atom stereocenters. The van der Waals surface area contributed by atoms with Gasteiger partial charge in [0.25, 0.3) is 0 Å². The van der Waals surface area contributed by atoms with Crippen molar-refractivity contribution in [3.8, 4) is 0 Å². The smallest absolute Gasteiger partial charge is 0.191 e. The summed E-state index contributed by atoms with van der Waals surface area (Å²) in [6.45, 7) is 7.62. The molecule has 6 heteroatoms. The first-order valence-electron chi connectivity index (χ1n) is 8.52. The van der Waals surface area contributed by atoms with Gasteiger partial charge in [0.05, 0.1) is 26.0 Å². The van der Waals surface area contributed by atoms with Crippen molar-refractivity contribution in [3.05, 3.63) is 59.5 Å². The van der Waals surface area contributed by atoms with Crippen LogP contribution in [0.1, 0.15) is 37.2 Å². The van der Waals surface area contributed by atoms with E-state index in [0.717, 1.165) is 31.3 Å². The van der Waals surface area contributed by atoms with Crippen molar-refractivity contribution in [2.75, 3.05) is 13.2 Å². The van der Waals surface area contributed by atoms with Crippen LogP contribution in [0.4, 0.5) is 0 Å². The Labute approximate surface area is 167 Å². The van der Waals surface area contributed by atoms with Crippen molar-refractivity contribution >= 4 is 29.9 Å². The monoisotopic (exact) mass is 457 g/mol. The Morgan fingerprint density at radius 2 is 1.88 bits per heavy atom. The molecule has 0 saturated heterocycles. The Hall–Kier alpha value is -1.54. The summed E-state index contributed by atoms with van der Waals surface area (Å²) < 4.78 is 11.0. The molecule has 0 amide bonds. The van der Waals surface area contributed by atoms with Crippen LogP contribution in [0.2, 0.25) is 0 Å². The van der Waals surface area contributed by atoms with E-state index in [1.165, 1.54) is 11.1 Å². The molecule has 1 aromatic carbocycles. The van der Waals surface area contributed by atoms with E-state index in [1.807, 2.05) is 24.3 Å². The highest BCUT2D eigenvalue weighted by atomic mass is 127. The summed E-state index contributed by atoms with van der Waals surface area (Å²) in [5.74, 6) is 1.66. The number of nitrogens with one attached hydrogen (secondary N) is 2. The van der Waals surface area contributed by atoms with E-state index in [0.29, 0.717) is 19.7 Å². The number of halogens is 1. The van der Waals surface area contributed by atoms with Gasteiger partial charge in [-0.25, -0.2) is 4.99 Å². The second-order valence-electron chi connectivity index (χ2n) is 5.45. The van der Waals surface area contributed by atoms with Crippen LogP contribution >= 0.6 is 24.0 Å². The molecule has 0 fully saturated rings. The third-order valence-corrected chi connectivity index (χ3v) is 3.49. The predicted molar refractivity (Wildman–Crippen MR) is 112 cm³/mol. The molecular formula is C19H28IN3O2. The van der Waals surface area contributed by atoms with E-state index in [2.05, 4.69) is 41.6 Å². The Morgan fingerprint density at radius 1 is 1.08 bits per heavy atom. The zero-order chi connectivity index (χ0) is 17.0. The molecule has 2 aromatic rings. The average Bonchev–Trinajstić information content (AvgIpc) is 3.12. The molecule has 0 aliphatic carbocycles. The molecule has 0 aliphatic heterocycles. The summed E-state index contributed by atoms with van der Waals surface area (Å²) in [5, 5.41) is 6.53. The van der Waals surface area contributed by atoms with Crippen LogP contribution in [0.3, 0.4) is 0 Å². The fourth-order valence-corrected chi connectivity index (χ4v) is 2.27. The Morgan fingerprint density at radius 3 is 2.56 bits per heavy atom. The third-order valence-electron chi connectivity index (χ3n) is 3.49. The largest absolute Gasteiger partial charge is 0.467 e. The number of benzene rings is 1. The highest BCUT2D eigenvalue weighted by Crippen LogP contribution is 2.11. The van der Waals surface area contributed by atoms with Gasteiger partial charge in [-0.15, -0.1) is 24.0 Å². The maximum atomic E-state index is 5.67. The van der Waals surface area contributed by atoms with E-state index < -0.39 is 0 Å². The fraction of sp³-hybridized carbons (Fsp3) is 0.421. The van der Waals surface area contributed by atoms with Crippen LogP contribution in [-0.2, 0) is 24.4 Å². The van der Waals surface area contributed by atoms with E-state index in [-0.39, 0.29) is 24.0 Å². The fourth-order valence-electron chi connectivity index (χ4n) is 2.27. The molecule has 0 bridgehead atoms. The zero-order valence-electron chi connectivity index (χ0n) is 15.0. The lowest BCUT2D eigenvalue weighted by molar-refractivity contribution is 0.121. The standard InChI is InChI=1S/C19H27N3O2.HI/c1-3-11-23-15-17-9-6-5-8-16(17)13-21-19(20-4-2)22-14-18-10-7-12-24-18;/h5-10,12H,3-4,11,13-15H2,1-2H3,(H2,20,21,22);1H. The van der Waals surface area contributed by atoms with Gasteiger partial charge in [-0.2, -0.15) is 0 Å². The first-order valence-corrected chi connectivity index (χ1v) is 8.52. The molecule has 138 valence electrons. The van der Waals surface area contributed by atoms with E-state index in [9.17, 15) is 0 Å².